The summed E-state index contributed by atoms with van der Waals surface area (Å²) in [5, 5.41) is 0. The van der Waals surface area contributed by atoms with Crippen LogP contribution in [0.15, 0.2) is 88.6 Å². The van der Waals surface area contributed by atoms with Crippen molar-refractivity contribution < 1.29 is 30.5 Å². The van der Waals surface area contributed by atoms with Crippen LogP contribution in [0.1, 0.15) is 46.3 Å². The van der Waals surface area contributed by atoms with E-state index >= 15 is 0 Å². The van der Waals surface area contributed by atoms with Gasteiger partial charge in [-0.15, -0.1) is 0 Å². The number of benzene rings is 1. The van der Waals surface area contributed by atoms with Gasteiger partial charge in [0.1, 0.15) is 0 Å². The maximum Gasteiger partial charge on any atom is 0.232 e. The molecule has 3 aliphatic rings. The van der Waals surface area contributed by atoms with Crippen LogP contribution in [0.3, 0.4) is 0 Å². The highest BCUT2D eigenvalue weighted by Gasteiger charge is 2.61. The minimum atomic E-state index is -0.270. The predicted octanol–water partition coefficient (Wildman–Crippen LogP) is 1.60. The van der Waals surface area contributed by atoms with E-state index < -0.39 is 0 Å². The third-order valence-electron chi connectivity index (χ3n) is 6.60. The van der Waals surface area contributed by atoms with Crippen LogP contribution in [0, 0.1) is 0 Å². The van der Waals surface area contributed by atoms with Crippen LogP contribution in [-0.2, 0) is 5.41 Å². The molecule has 0 N–H and O–H groups in total. The molecule has 4 nitrogen and oxygen atoms in total. The summed E-state index contributed by atoms with van der Waals surface area (Å²) < 4.78 is 19.4. The molecule has 2 aliphatic heterocycles. The van der Waals surface area contributed by atoms with Gasteiger partial charge in [-0.2, -0.15) is 4.57 Å². The van der Waals surface area contributed by atoms with E-state index in [0.717, 1.165) is 12.2 Å². The number of furan rings is 2. The van der Waals surface area contributed by atoms with Crippen molar-refractivity contribution in [1.82, 2.24) is 0 Å². The molecule has 5 heterocycles. The second-order valence-corrected chi connectivity index (χ2v) is 7.65. The van der Waals surface area contributed by atoms with Crippen LogP contribution in [0.25, 0.3) is 0 Å². The van der Waals surface area contributed by atoms with E-state index in [0.29, 0.717) is 0 Å². The molecule has 2 atom stereocenters. The molecule has 7 rings (SSSR count). The predicted molar refractivity (Wildman–Crippen MR) is 102 cm³/mol. The fourth-order valence-corrected chi connectivity index (χ4v) is 5.53. The highest BCUT2D eigenvalue weighted by molar-refractivity contribution is 5.55. The van der Waals surface area contributed by atoms with E-state index in [9.17, 15) is 0 Å². The number of methoxy groups -OCH3 is 1. The highest BCUT2D eigenvalue weighted by atomic mass is 35.5. The molecule has 0 unspecified atom stereocenters. The molecule has 0 radical (unpaired) electrons. The molecule has 2 bridgehead atoms. The van der Waals surface area contributed by atoms with Gasteiger partial charge in [0.2, 0.25) is 5.69 Å². The number of pyridine rings is 1. The lowest BCUT2D eigenvalue weighted by Crippen LogP contribution is -3.00. The topological polar surface area (TPSA) is 39.4 Å². The molecular formula is C24H20ClNO3. The molecule has 1 aromatic carbocycles. The summed E-state index contributed by atoms with van der Waals surface area (Å²) in [5.74, 6) is 1.02. The lowest BCUT2D eigenvalue weighted by atomic mass is 9.54. The molecule has 0 fully saturated rings. The van der Waals surface area contributed by atoms with E-state index in [1.54, 1.807) is 19.6 Å². The SMILES string of the molecule is COc1ccc[n+]2c1[C@@H]1c3ccccc3[C@H]2CC1(c1ccoc1)c1ccoc1.[Cl-]. The Bertz CT molecular complexity index is 1120. The lowest BCUT2D eigenvalue weighted by molar-refractivity contribution is -0.732. The van der Waals surface area contributed by atoms with Crippen LogP contribution in [-0.4, -0.2) is 7.11 Å². The van der Waals surface area contributed by atoms with Gasteiger partial charge in [0, 0.05) is 29.2 Å². The molecule has 1 aliphatic carbocycles. The Balaban J connectivity index is 0.00000181. The Kier molecular flexibility index (Phi) is 4.07. The van der Waals surface area contributed by atoms with Crippen LogP contribution in [0.2, 0.25) is 0 Å². The standard InChI is InChI=1S/C24H20NO3.ClH/c1-26-21-7-4-10-25-20-13-24(16-8-11-27-14-16,17-9-12-28-15-17)22(23(21)25)19-6-3-2-5-18(19)20;/h2-12,14-15,20,22H,13H2,1H3;1H/q+1;/p-1/t20-,22+;/m1./s1. The fourth-order valence-electron chi connectivity index (χ4n) is 5.53. The van der Waals surface area contributed by atoms with E-state index in [-0.39, 0.29) is 29.8 Å². The number of nitrogens with zero attached hydrogens (tertiary/aromatic N) is 1. The summed E-state index contributed by atoms with van der Waals surface area (Å²) in [5.41, 5.74) is 6.04. The minimum Gasteiger partial charge on any atom is -1.00 e. The Morgan fingerprint density at radius 2 is 1.62 bits per heavy atom. The average Bonchev–Trinajstić information content (AvgIpc) is 3.48. The van der Waals surface area contributed by atoms with E-state index in [2.05, 4.69) is 59.3 Å². The second-order valence-electron chi connectivity index (χ2n) is 7.65. The summed E-state index contributed by atoms with van der Waals surface area (Å²) in [6.45, 7) is 0. The van der Waals surface area contributed by atoms with E-state index in [4.69, 9.17) is 13.6 Å². The van der Waals surface area contributed by atoms with Gasteiger partial charge in [0.15, 0.2) is 18.0 Å². The van der Waals surface area contributed by atoms with Crippen LogP contribution >= 0.6 is 0 Å². The van der Waals surface area contributed by atoms with Gasteiger partial charge in [-0.05, 0) is 23.8 Å². The monoisotopic (exact) mass is 405 g/mol. The van der Waals surface area contributed by atoms with Crippen molar-refractivity contribution in [3.8, 4) is 5.75 Å². The first-order chi connectivity index (χ1) is 13.8. The van der Waals surface area contributed by atoms with Crippen molar-refractivity contribution in [2.45, 2.75) is 23.8 Å². The number of halogens is 1. The van der Waals surface area contributed by atoms with Gasteiger partial charge in [-0.1, -0.05) is 24.3 Å². The number of hydrogen-bond donors (Lipinski definition) is 0. The van der Waals surface area contributed by atoms with Gasteiger partial charge in [-0.3, -0.25) is 0 Å². The van der Waals surface area contributed by atoms with Gasteiger partial charge in [-0.25, -0.2) is 0 Å². The molecule has 0 amide bonds. The van der Waals surface area contributed by atoms with Crippen LogP contribution < -0.4 is 21.7 Å². The van der Waals surface area contributed by atoms with Crippen molar-refractivity contribution in [2.75, 3.05) is 7.11 Å². The molecular weight excluding hydrogens is 386 g/mol. The normalized spacial score (nSPS) is 20.4. The zero-order chi connectivity index (χ0) is 18.7. The summed E-state index contributed by atoms with van der Waals surface area (Å²) in [4.78, 5) is 0. The summed E-state index contributed by atoms with van der Waals surface area (Å²) in [6, 6.07) is 17.3. The quantitative estimate of drug-likeness (QED) is 0.486. The second kappa shape index (κ2) is 6.53. The first-order valence-corrected chi connectivity index (χ1v) is 9.57. The first-order valence-electron chi connectivity index (χ1n) is 9.57. The van der Waals surface area contributed by atoms with Crippen molar-refractivity contribution in [3.63, 3.8) is 0 Å². The molecule has 0 spiro atoms. The number of aromatic nitrogens is 1. The van der Waals surface area contributed by atoms with Crippen LogP contribution in [0.5, 0.6) is 5.75 Å². The third kappa shape index (κ3) is 2.24. The third-order valence-corrected chi connectivity index (χ3v) is 6.60. The van der Waals surface area contributed by atoms with E-state index in [1.165, 1.54) is 27.9 Å². The zero-order valence-electron chi connectivity index (χ0n) is 15.9. The molecule has 146 valence electrons. The van der Waals surface area contributed by atoms with Crippen molar-refractivity contribution in [3.05, 3.63) is 108 Å². The van der Waals surface area contributed by atoms with Crippen molar-refractivity contribution in [2.24, 2.45) is 0 Å². The summed E-state index contributed by atoms with van der Waals surface area (Å²) >= 11 is 0. The smallest absolute Gasteiger partial charge is 0.232 e. The van der Waals surface area contributed by atoms with E-state index in [1.807, 2.05) is 12.5 Å². The molecule has 0 saturated carbocycles. The Morgan fingerprint density at radius 3 is 2.24 bits per heavy atom. The van der Waals surface area contributed by atoms with Gasteiger partial charge in [0.25, 0.3) is 0 Å². The van der Waals surface area contributed by atoms with Gasteiger partial charge in [0.05, 0.1) is 43.5 Å². The number of rotatable bonds is 3. The largest absolute Gasteiger partial charge is 1.00 e. The van der Waals surface area contributed by atoms with Crippen molar-refractivity contribution in [1.29, 1.82) is 0 Å². The Morgan fingerprint density at radius 1 is 0.931 bits per heavy atom. The molecule has 3 aromatic heterocycles. The molecule has 29 heavy (non-hydrogen) atoms. The number of hydrogen-bond acceptors (Lipinski definition) is 3. The summed E-state index contributed by atoms with van der Waals surface area (Å²) in [6.07, 6.45) is 10.4. The fraction of sp³-hybridized carbons (Fsp3) is 0.208. The Hall–Kier alpha value is -2.98. The maximum atomic E-state index is 5.84. The zero-order valence-corrected chi connectivity index (χ0v) is 16.7. The first kappa shape index (κ1) is 18.1. The average molecular weight is 406 g/mol. The van der Waals surface area contributed by atoms with Gasteiger partial charge < -0.3 is 26.0 Å². The minimum absolute atomic E-state index is 0. The highest BCUT2D eigenvalue weighted by Crippen LogP contribution is 2.60. The molecule has 4 aromatic rings. The summed E-state index contributed by atoms with van der Waals surface area (Å²) in [7, 11) is 1.75. The lowest BCUT2D eigenvalue weighted by Gasteiger charge is -2.48. The molecule has 5 heteroatoms. The van der Waals surface area contributed by atoms with Gasteiger partial charge >= 0.3 is 0 Å². The van der Waals surface area contributed by atoms with Crippen LogP contribution in [0.4, 0.5) is 0 Å². The maximum absolute atomic E-state index is 5.84. The number of ether oxygens (including phenoxy) is 1. The number of fused-ring (bicyclic) bond motifs is 1. The Labute approximate surface area is 175 Å². The molecule has 0 saturated heterocycles. The van der Waals surface area contributed by atoms with Crippen molar-refractivity contribution >= 4 is 0 Å².